The Balaban J connectivity index is 3.15. The molecular formula is C10H14F6O. The summed E-state index contributed by atoms with van der Waals surface area (Å²) in [6.07, 6.45) is -10.5. The Morgan fingerprint density at radius 2 is 1.29 bits per heavy atom. The van der Waals surface area contributed by atoms with Crippen LogP contribution in [0.5, 0.6) is 0 Å². The molecule has 0 saturated heterocycles. The number of hydrogen-bond donors (Lipinski definition) is 1. The fourth-order valence-electron chi connectivity index (χ4n) is 2.52. The van der Waals surface area contributed by atoms with Crippen LogP contribution in [0.25, 0.3) is 0 Å². The van der Waals surface area contributed by atoms with Gasteiger partial charge >= 0.3 is 12.4 Å². The molecule has 7 heteroatoms. The maximum absolute atomic E-state index is 12.6. The van der Waals surface area contributed by atoms with Gasteiger partial charge in [0.2, 0.25) is 0 Å². The van der Waals surface area contributed by atoms with Gasteiger partial charge in [-0.05, 0) is 12.3 Å². The van der Waals surface area contributed by atoms with Gasteiger partial charge in [0.05, 0.1) is 0 Å². The third-order valence-corrected chi connectivity index (χ3v) is 3.51. The van der Waals surface area contributed by atoms with Crippen LogP contribution in [-0.2, 0) is 0 Å². The minimum Gasteiger partial charge on any atom is -0.373 e. The first-order valence-corrected chi connectivity index (χ1v) is 5.37. The molecule has 102 valence electrons. The van der Waals surface area contributed by atoms with E-state index in [0.717, 1.165) is 0 Å². The maximum atomic E-state index is 12.6. The van der Waals surface area contributed by atoms with Gasteiger partial charge in [0.25, 0.3) is 5.60 Å². The quantitative estimate of drug-likeness (QED) is 0.716. The summed E-state index contributed by atoms with van der Waals surface area (Å²) in [4.78, 5) is 0. The molecule has 1 rings (SSSR count). The monoisotopic (exact) mass is 264 g/mol. The van der Waals surface area contributed by atoms with E-state index in [2.05, 4.69) is 0 Å². The van der Waals surface area contributed by atoms with Gasteiger partial charge in [-0.2, -0.15) is 26.3 Å². The number of rotatable bonds is 1. The van der Waals surface area contributed by atoms with Crippen LogP contribution in [0.15, 0.2) is 0 Å². The third kappa shape index (κ3) is 2.39. The normalized spacial score (nSPS) is 28.2. The van der Waals surface area contributed by atoms with E-state index in [1.54, 1.807) is 0 Å². The van der Waals surface area contributed by atoms with Gasteiger partial charge in [-0.25, -0.2) is 0 Å². The van der Waals surface area contributed by atoms with Gasteiger partial charge in [-0.3, -0.25) is 0 Å². The zero-order valence-electron chi connectivity index (χ0n) is 9.20. The van der Waals surface area contributed by atoms with E-state index < -0.39 is 29.8 Å². The lowest BCUT2D eigenvalue weighted by Gasteiger charge is -2.43. The number of hydrogen-bond acceptors (Lipinski definition) is 1. The molecule has 1 aliphatic rings. The lowest BCUT2D eigenvalue weighted by molar-refractivity contribution is -0.390. The largest absolute Gasteiger partial charge is 0.426 e. The smallest absolute Gasteiger partial charge is 0.373 e. The SMILES string of the molecule is CC1CCCCC1C(O)(C(F)(F)F)C(F)(F)F. The zero-order valence-corrected chi connectivity index (χ0v) is 9.20. The molecule has 2 unspecified atom stereocenters. The molecule has 1 aliphatic carbocycles. The number of halogens is 6. The second-order valence-corrected chi connectivity index (χ2v) is 4.63. The Kier molecular flexibility index (Phi) is 3.72. The highest BCUT2D eigenvalue weighted by molar-refractivity contribution is 5.01. The van der Waals surface area contributed by atoms with Crippen molar-refractivity contribution in [2.24, 2.45) is 11.8 Å². The lowest BCUT2D eigenvalue weighted by atomic mass is 9.70. The molecule has 0 aromatic carbocycles. The standard InChI is InChI=1S/C10H14F6O/c1-6-4-2-3-5-7(6)8(17,9(11,12)13)10(14,15)16/h6-7,17H,2-5H2,1H3. The molecule has 0 aromatic heterocycles. The van der Waals surface area contributed by atoms with Crippen molar-refractivity contribution >= 4 is 0 Å². The second kappa shape index (κ2) is 4.33. The van der Waals surface area contributed by atoms with Crippen molar-refractivity contribution in [3.05, 3.63) is 0 Å². The Hall–Kier alpha value is -0.460. The Morgan fingerprint density at radius 3 is 1.65 bits per heavy atom. The minimum absolute atomic E-state index is 0.253. The summed E-state index contributed by atoms with van der Waals surface area (Å²) in [6.45, 7) is 1.33. The minimum atomic E-state index is -5.69. The molecule has 1 N–H and O–H groups in total. The van der Waals surface area contributed by atoms with E-state index in [4.69, 9.17) is 0 Å². The summed E-state index contributed by atoms with van der Waals surface area (Å²) >= 11 is 0. The van der Waals surface area contributed by atoms with Gasteiger partial charge < -0.3 is 5.11 Å². The van der Waals surface area contributed by atoms with Crippen molar-refractivity contribution in [2.45, 2.75) is 50.6 Å². The summed E-state index contributed by atoms with van der Waals surface area (Å²) in [7, 11) is 0. The van der Waals surface area contributed by atoms with E-state index in [-0.39, 0.29) is 19.3 Å². The van der Waals surface area contributed by atoms with Crippen LogP contribution in [0.2, 0.25) is 0 Å². The average molecular weight is 264 g/mol. The van der Waals surface area contributed by atoms with E-state index in [0.29, 0.717) is 6.42 Å². The molecule has 0 aliphatic heterocycles. The highest BCUT2D eigenvalue weighted by Crippen LogP contribution is 2.52. The Morgan fingerprint density at radius 1 is 0.882 bits per heavy atom. The molecule has 0 bridgehead atoms. The first kappa shape index (κ1) is 14.6. The summed E-state index contributed by atoms with van der Waals surface area (Å²) in [5.41, 5.74) is -4.58. The Labute approximate surface area is 94.8 Å². The van der Waals surface area contributed by atoms with Crippen molar-refractivity contribution < 1.29 is 31.4 Å². The number of alkyl halides is 6. The van der Waals surface area contributed by atoms with Crippen molar-refractivity contribution in [3.63, 3.8) is 0 Å². The van der Waals surface area contributed by atoms with Crippen LogP contribution in [0.1, 0.15) is 32.6 Å². The Bertz CT molecular complexity index is 255. The van der Waals surface area contributed by atoms with Crippen LogP contribution >= 0.6 is 0 Å². The van der Waals surface area contributed by atoms with Crippen LogP contribution in [-0.4, -0.2) is 23.1 Å². The molecule has 0 heterocycles. The summed E-state index contributed by atoms with van der Waals surface area (Å²) in [5.74, 6) is -2.60. The fraction of sp³-hybridized carbons (Fsp3) is 1.00. The molecule has 0 spiro atoms. The highest BCUT2D eigenvalue weighted by Gasteiger charge is 2.74. The van der Waals surface area contributed by atoms with Crippen molar-refractivity contribution in [1.82, 2.24) is 0 Å². The topological polar surface area (TPSA) is 20.2 Å². The first-order chi connectivity index (χ1) is 7.52. The van der Waals surface area contributed by atoms with Gasteiger partial charge in [0.1, 0.15) is 0 Å². The lowest BCUT2D eigenvalue weighted by Crippen LogP contribution is -2.63. The van der Waals surface area contributed by atoms with Crippen LogP contribution in [0.3, 0.4) is 0 Å². The first-order valence-electron chi connectivity index (χ1n) is 5.37. The predicted molar refractivity (Wildman–Crippen MR) is 48.2 cm³/mol. The highest BCUT2D eigenvalue weighted by atomic mass is 19.4. The summed E-state index contributed by atoms with van der Waals surface area (Å²) < 4.78 is 75.5. The number of aliphatic hydroxyl groups is 1. The van der Waals surface area contributed by atoms with E-state index in [1.165, 1.54) is 6.92 Å². The van der Waals surface area contributed by atoms with E-state index >= 15 is 0 Å². The van der Waals surface area contributed by atoms with Crippen LogP contribution in [0, 0.1) is 11.8 Å². The van der Waals surface area contributed by atoms with Crippen molar-refractivity contribution in [2.75, 3.05) is 0 Å². The summed E-state index contributed by atoms with van der Waals surface area (Å²) in [6, 6.07) is 0. The van der Waals surface area contributed by atoms with Crippen molar-refractivity contribution in [3.8, 4) is 0 Å². The predicted octanol–water partition coefficient (Wildman–Crippen LogP) is 3.67. The van der Waals surface area contributed by atoms with Gasteiger partial charge in [-0.1, -0.05) is 26.2 Å². The van der Waals surface area contributed by atoms with Gasteiger partial charge in [0, 0.05) is 5.92 Å². The fourth-order valence-corrected chi connectivity index (χ4v) is 2.52. The third-order valence-electron chi connectivity index (χ3n) is 3.51. The molecule has 1 fully saturated rings. The maximum Gasteiger partial charge on any atom is 0.426 e. The van der Waals surface area contributed by atoms with Crippen LogP contribution in [0.4, 0.5) is 26.3 Å². The molecule has 1 nitrogen and oxygen atoms in total. The molecular weight excluding hydrogens is 250 g/mol. The molecule has 2 atom stereocenters. The van der Waals surface area contributed by atoms with E-state index in [1.807, 2.05) is 0 Å². The van der Waals surface area contributed by atoms with Crippen LogP contribution < -0.4 is 0 Å². The molecule has 0 aromatic rings. The van der Waals surface area contributed by atoms with Gasteiger partial charge in [0.15, 0.2) is 0 Å². The summed E-state index contributed by atoms with van der Waals surface area (Å²) in [5, 5.41) is 9.23. The van der Waals surface area contributed by atoms with Crippen molar-refractivity contribution in [1.29, 1.82) is 0 Å². The van der Waals surface area contributed by atoms with Gasteiger partial charge in [-0.15, -0.1) is 0 Å². The average Bonchev–Trinajstić information content (AvgIpc) is 2.13. The molecule has 1 saturated carbocycles. The van der Waals surface area contributed by atoms with E-state index in [9.17, 15) is 31.4 Å². The molecule has 17 heavy (non-hydrogen) atoms. The molecule has 0 radical (unpaired) electrons. The second-order valence-electron chi connectivity index (χ2n) is 4.63. The molecule has 0 amide bonds. The zero-order chi connectivity index (χ0) is 13.5.